The molecule has 12 heteroatoms. The summed E-state index contributed by atoms with van der Waals surface area (Å²) in [5.74, 6) is -4.66. The number of amides is 1. The zero-order valence-electron chi connectivity index (χ0n) is 16.4. The maximum absolute atomic E-state index is 12.5. The molecule has 0 spiro atoms. The first kappa shape index (κ1) is 24.4. The van der Waals surface area contributed by atoms with Gasteiger partial charge in [0.05, 0.1) is 29.2 Å². The number of ether oxygens (including phenoxy) is 3. The highest BCUT2D eigenvalue weighted by atomic mass is 35.5. The van der Waals surface area contributed by atoms with E-state index in [0.29, 0.717) is 6.61 Å². The van der Waals surface area contributed by atoms with Crippen molar-refractivity contribution in [2.75, 3.05) is 25.6 Å². The van der Waals surface area contributed by atoms with Crippen molar-refractivity contribution in [2.45, 2.75) is 17.6 Å². The fourth-order valence-corrected chi connectivity index (χ4v) is 3.35. The Morgan fingerprint density at radius 3 is 2.35 bits per heavy atom. The van der Waals surface area contributed by atoms with Crippen LogP contribution >= 0.6 is 11.6 Å². The molecule has 0 aromatic heterocycles. The molecule has 31 heavy (non-hydrogen) atoms. The summed E-state index contributed by atoms with van der Waals surface area (Å²) >= 11 is 6.09. The molecule has 0 unspecified atom stereocenters. The average molecular weight is 478 g/mol. The molecule has 1 amide bonds. The standard InChI is InChI=1S/C19H18ClF2NO7S/c1-3-29-17-14(20)8-11(9-15(17)28-2)18(25)30-10-16(24)23-12-4-6-13(7-5-12)31(26,27)19(21)22/h4-9,19H,3,10H2,1-2H3,(H,23,24). The number of hydrogen-bond donors (Lipinski definition) is 1. The van der Waals surface area contributed by atoms with Gasteiger partial charge in [-0.15, -0.1) is 0 Å². The maximum atomic E-state index is 12.5. The van der Waals surface area contributed by atoms with Crippen LogP contribution in [0.1, 0.15) is 17.3 Å². The number of alkyl halides is 2. The molecule has 0 saturated carbocycles. The summed E-state index contributed by atoms with van der Waals surface area (Å²) in [6, 6.07) is 6.77. The molecule has 2 aromatic carbocycles. The minimum atomic E-state index is -4.74. The summed E-state index contributed by atoms with van der Waals surface area (Å²) < 4.78 is 63.2. The first-order valence-electron chi connectivity index (χ1n) is 8.69. The highest BCUT2D eigenvalue weighted by molar-refractivity contribution is 7.91. The first-order chi connectivity index (χ1) is 14.6. The molecule has 0 radical (unpaired) electrons. The van der Waals surface area contributed by atoms with Gasteiger partial charge in [0.25, 0.3) is 5.91 Å². The summed E-state index contributed by atoms with van der Waals surface area (Å²) in [6.45, 7) is 1.42. The van der Waals surface area contributed by atoms with Crippen molar-refractivity contribution in [3.63, 3.8) is 0 Å². The van der Waals surface area contributed by atoms with Gasteiger partial charge in [0.2, 0.25) is 9.84 Å². The molecule has 0 aliphatic carbocycles. The topological polar surface area (TPSA) is 108 Å². The summed E-state index contributed by atoms with van der Waals surface area (Å²) in [7, 11) is -3.37. The van der Waals surface area contributed by atoms with Crippen LogP contribution in [0.25, 0.3) is 0 Å². The summed E-state index contributed by atoms with van der Waals surface area (Å²) in [6.07, 6.45) is 0. The number of carbonyl (C=O) groups excluding carboxylic acids is 2. The van der Waals surface area contributed by atoms with Gasteiger partial charge in [-0.25, -0.2) is 13.2 Å². The monoisotopic (exact) mass is 477 g/mol. The Kier molecular flexibility index (Phi) is 8.17. The third-order valence-electron chi connectivity index (χ3n) is 3.79. The molecule has 2 rings (SSSR count). The Balaban J connectivity index is 2.00. The Morgan fingerprint density at radius 1 is 1.16 bits per heavy atom. The Labute approximate surface area is 182 Å². The van der Waals surface area contributed by atoms with E-state index < -0.39 is 39.0 Å². The van der Waals surface area contributed by atoms with E-state index in [0.717, 1.165) is 24.3 Å². The molecule has 1 N–H and O–H groups in total. The van der Waals surface area contributed by atoms with E-state index in [9.17, 15) is 26.8 Å². The second kappa shape index (κ2) is 10.4. The SMILES string of the molecule is CCOc1c(Cl)cc(C(=O)OCC(=O)Nc2ccc(S(=O)(=O)C(F)F)cc2)cc1OC. The highest BCUT2D eigenvalue weighted by Gasteiger charge is 2.26. The minimum absolute atomic E-state index is 0.0275. The number of halogens is 3. The third kappa shape index (κ3) is 6.05. The third-order valence-corrected chi connectivity index (χ3v) is 5.47. The molecular weight excluding hydrogens is 460 g/mol. The fourth-order valence-electron chi connectivity index (χ4n) is 2.36. The normalized spacial score (nSPS) is 11.2. The van der Waals surface area contributed by atoms with Crippen molar-refractivity contribution in [1.29, 1.82) is 0 Å². The number of methoxy groups -OCH3 is 1. The largest absolute Gasteiger partial charge is 0.493 e. The van der Waals surface area contributed by atoms with Crippen LogP contribution in [0, 0.1) is 0 Å². The molecule has 0 bridgehead atoms. The second-order valence-electron chi connectivity index (χ2n) is 5.88. The van der Waals surface area contributed by atoms with Crippen molar-refractivity contribution < 1.29 is 41.0 Å². The highest BCUT2D eigenvalue weighted by Crippen LogP contribution is 2.36. The number of nitrogens with one attached hydrogen (secondary N) is 1. The zero-order chi connectivity index (χ0) is 23.2. The Hall–Kier alpha value is -2.92. The number of carbonyl (C=O) groups is 2. The summed E-state index contributed by atoms with van der Waals surface area (Å²) in [5.41, 5.74) is 0.153. The summed E-state index contributed by atoms with van der Waals surface area (Å²) in [4.78, 5) is 23.6. The van der Waals surface area contributed by atoms with Crippen LogP contribution in [-0.2, 0) is 19.4 Å². The predicted molar refractivity (Wildman–Crippen MR) is 108 cm³/mol. The zero-order valence-corrected chi connectivity index (χ0v) is 17.9. The van der Waals surface area contributed by atoms with Gasteiger partial charge in [0, 0.05) is 5.69 Å². The Morgan fingerprint density at radius 2 is 1.81 bits per heavy atom. The second-order valence-corrected chi connectivity index (χ2v) is 8.20. The lowest BCUT2D eigenvalue weighted by Gasteiger charge is -2.13. The molecule has 168 valence electrons. The van der Waals surface area contributed by atoms with Gasteiger partial charge in [0.1, 0.15) is 0 Å². The van der Waals surface area contributed by atoms with Gasteiger partial charge in [0.15, 0.2) is 18.1 Å². The fraction of sp³-hybridized carbons (Fsp3) is 0.263. The molecule has 0 atom stereocenters. The van der Waals surface area contributed by atoms with Crippen LogP contribution < -0.4 is 14.8 Å². The van der Waals surface area contributed by atoms with E-state index in [2.05, 4.69) is 5.32 Å². The van der Waals surface area contributed by atoms with Crippen LogP contribution in [0.5, 0.6) is 11.5 Å². The van der Waals surface area contributed by atoms with Crippen molar-refractivity contribution in [1.82, 2.24) is 0 Å². The van der Waals surface area contributed by atoms with Crippen molar-refractivity contribution in [2.24, 2.45) is 0 Å². The van der Waals surface area contributed by atoms with Gasteiger partial charge in [-0.05, 0) is 43.3 Å². The van der Waals surface area contributed by atoms with Crippen LogP contribution in [-0.4, -0.2) is 46.4 Å². The molecule has 0 saturated heterocycles. The number of sulfone groups is 1. The molecule has 0 aliphatic rings. The number of benzene rings is 2. The van der Waals surface area contributed by atoms with E-state index in [1.807, 2.05) is 0 Å². The van der Waals surface area contributed by atoms with Gasteiger partial charge >= 0.3 is 11.7 Å². The van der Waals surface area contributed by atoms with Gasteiger partial charge < -0.3 is 19.5 Å². The van der Waals surface area contributed by atoms with Crippen molar-refractivity contribution in [3.05, 3.63) is 47.0 Å². The Bertz CT molecular complexity index is 1060. The van der Waals surface area contributed by atoms with Gasteiger partial charge in [-0.3, -0.25) is 4.79 Å². The van der Waals surface area contributed by atoms with Crippen LogP contribution in [0.4, 0.5) is 14.5 Å². The van der Waals surface area contributed by atoms with E-state index >= 15 is 0 Å². The number of hydrogen-bond acceptors (Lipinski definition) is 7. The average Bonchev–Trinajstić information content (AvgIpc) is 2.73. The van der Waals surface area contributed by atoms with E-state index in [1.54, 1.807) is 6.92 Å². The summed E-state index contributed by atoms with van der Waals surface area (Å²) in [5, 5.41) is 2.47. The van der Waals surface area contributed by atoms with Crippen LogP contribution in [0.3, 0.4) is 0 Å². The lowest BCUT2D eigenvalue weighted by atomic mass is 10.2. The smallest absolute Gasteiger partial charge is 0.341 e. The van der Waals surface area contributed by atoms with Crippen molar-refractivity contribution in [3.8, 4) is 11.5 Å². The van der Waals surface area contributed by atoms with E-state index in [-0.39, 0.29) is 27.8 Å². The van der Waals surface area contributed by atoms with E-state index in [4.69, 9.17) is 25.8 Å². The maximum Gasteiger partial charge on any atom is 0.341 e. The number of anilines is 1. The number of esters is 1. The molecule has 8 nitrogen and oxygen atoms in total. The molecule has 2 aromatic rings. The molecule has 0 fully saturated rings. The first-order valence-corrected chi connectivity index (χ1v) is 10.6. The van der Waals surface area contributed by atoms with E-state index in [1.165, 1.54) is 19.2 Å². The quantitative estimate of drug-likeness (QED) is 0.550. The molecular formula is C19H18ClF2NO7S. The lowest BCUT2D eigenvalue weighted by molar-refractivity contribution is -0.119. The van der Waals surface area contributed by atoms with Gasteiger partial charge in [-0.1, -0.05) is 11.6 Å². The molecule has 0 aliphatic heterocycles. The predicted octanol–water partition coefficient (Wildman–Crippen LogP) is 3.54. The van der Waals surface area contributed by atoms with Crippen molar-refractivity contribution >= 4 is 39.0 Å². The van der Waals surface area contributed by atoms with Crippen LogP contribution in [0.15, 0.2) is 41.3 Å². The lowest BCUT2D eigenvalue weighted by Crippen LogP contribution is -2.21. The molecule has 0 heterocycles. The number of rotatable bonds is 9. The van der Waals surface area contributed by atoms with Gasteiger partial charge in [-0.2, -0.15) is 8.78 Å². The van der Waals surface area contributed by atoms with Crippen LogP contribution in [0.2, 0.25) is 5.02 Å². The minimum Gasteiger partial charge on any atom is -0.493 e.